The zero-order valence-corrected chi connectivity index (χ0v) is 14.5. The summed E-state index contributed by atoms with van der Waals surface area (Å²) in [7, 11) is 0. The summed E-state index contributed by atoms with van der Waals surface area (Å²) in [6.07, 6.45) is -0.635. The molecule has 126 valence electrons. The highest BCUT2D eigenvalue weighted by molar-refractivity contribution is 8.15. The number of benzene rings is 1. The lowest BCUT2D eigenvalue weighted by atomic mass is 10.0. The zero-order valence-electron chi connectivity index (χ0n) is 12.1. The van der Waals surface area contributed by atoms with Crippen LogP contribution in [0.25, 0.3) is 0 Å². The summed E-state index contributed by atoms with van der Waals surface area (Å²) in [6.45, 7) is 2.87. The van der Waals surface area contributed by atoms with E-state index in [9.17, 15) is 14.3 Å². The van der Waals surface area contributed by atoms with Crippen LogP contribution in [0.2, 0.25) is 0 Å². The van der Waals surface area contributed by atoms with Crippen molar-refractivity contribution in [3.63, 3.8) is 0 Å². The summed E-state index contributed by atoms with van der Waals surface area (Å²) in [6, 6.07) is 5.72. The predicted molar refractivity (Wildman–Crippen MR) is 94.0 cm³/mol. The van der Waals surface area contributed by atoms with Gasteiger partial charge in [0.2, 0.25) is 0 Å². The molecule has 4 nitrogen and oxygen atoms in total. The Morgan fingerprint density at radius 1 is 1.43 bits per heavy atom. The van der Waals surface area contributed by atoms with Crippen molar-refractivity contribution in [2.75, 3.05) is 6.67 Å². The van der Waals surface area contributed by atoms with Crippen molar-refractivity contribution >= 4 is 46.4 Å². The number of allylic oxidation sites excluding steroid dienone is 1. The summed E-state index contributed by atoms with van der Waals surface area (Å²) >= 11 is 12.0. The molecule has 0 aliphatic carbocycles. The van der Waals surface area contributed by atoms with Crippen LogP contribution in [0.15, 0.2) is 35.7 Å². The van der Waals surface area contributed by atoms with Crippen molar-refractivity contribution in [1.29, 1.82) is 5.41 Å². The number of rotatable bonds is 9. The summed E-state index contributed by atoms with van der Waals surface area (Å²) in [5.74, 6) is -0.758. The molecule has 0 spiro atoms. The summed E-state index contributed by atoms with van der Waals surface area (Å²) in [4.78, 5) is 10.9. The summed E-state index contributed by atoms with van der Waals surface area (Å²) < 4.78 is 13.1. The molecule has 0 saturated carbocycles. The zero-order chi connectivity index (χ0) is 17.4. The van der Waals surface area contributed by atoms with Gasteiger partial charge in [0.25, 0.3) is 5.91 Å². The number of thioether (sulfide) groups is 1. The van der Waals surface area contributed by atoms with Crippen LogP contribution in [0, 0.1) is 5.41 Å². The third-order valence-corrected chi connectivity index (χ3v) is 4.01. The van der Waals surface area contributed by atoms with Gasteiger partial charge in [-0.1, -0.05) is 65.8 Å². The van der Waals surface area contributed by atoms with E-state index in [4.69, 9.17) is 28.6 Å². The van der Waals surface area contributed by atoms with Gasteiger partial charge in [-0.15, -0.1) is 0 Å². The van der Waals surface area contributed by atoms with Gasteiger partial charge in [-0.2, -0.15) is 0 Å². The molecule has 1 aromatic carbocycles. The first-order valence-corrected chi connectivity index (χ1v) is 8.39. The minimum absolute atomic E-state index is 0.461. The highest BCUT2D eigenvalue weighted by Gasteiger charge is 2.25. The standard InChI is InChI=1S/C15H17Cl2FN2O2S/c1-9(23-8-19)6-10-2-4-11(5-3-10)13(21)12(7-18)20-15(22)14(16)17/h2-5,8,12-14,19,21H,1,6-7H2,(H,20,22). The van der Waals surface area contributed by atoms with Gasteiger partial charge >= 0.3 is 0 Å². The molecule has 0 bridgehead atoms. The average Bonchev–Trinajstić information content (AvgIpc) is 2.52. The second-order valence-corrected chi connectivity index (χ2v) is 6.85. The van der Waals surface area contributed by atoms with E-state index >= 15 is 0 Å². The molecule has 1 aromatic rings. The first-order valence-electron chi connectivity index (χ1n) is 6.63. The van der Waals surface area contributed by atoms with Crippen molar-refractivity contribution in [2.24, 2.45) is 0 Å². The molecule has 0 aromatic heterocycles. The molecular formula is C15H17Cl2FN2O2S. The number of aliphatic hydroxyl groups is 1. The Morgan fingerprint density at radius 2 is 2.04 bits per heavy atom. The number of aliphatic hydroxyl groups excluding tert-OH is 1. The minimum atomic E-state index is -1.32. The van der Waals surface area contributed by atoms with Gasteiger partial charge < -0.3 is 15.8 Å². The fraction of sp³-hybridized carbons (Fsp3) is 0.333. The maximum Gasteiger partial charge on any atom is 0.253 e. The van der Waals surface area contributed by atoms with E-state index in [0.29, 0.717) is 12.0 Å². The highest BCUT2D eigenvalue weighted by atomic mass is 35.5. The van der Waals surface area contributed by atoms with Crippen molar-refractivity contribution in [1.82, 2.24) is 5.32 Å². The Balaban J connectivity index is 2.74. The Kier molecular flexibility index (Phi) is 8.62. The molecule has 8 heteroatoms. The molecule has 0 heterocycles. The second kappa shape index (κ2) is 9.93. The largest absolute Gasteiger partial charge is 0.386 e. The summed E-state index contributed by atoms with van der Waals surface area (Å²) in [5.41, 5.74) is 2.61. The number of nitrogens with one attached hydrogen (secondary N) is 2. The van der Waals surface area contributed by atoms with Crippen LogP contribution in [0.1, 0.15) is 17.2 Å². The Morgan fingerprint density at radius 3 is 2.52 bits per heavy atom. The lowest BCUT2D eigenvalue weighted by Crippen LogP contribution is -2.43. The number of amides is 1. The molecule has 3 N–H and O–H groups in total. The van der Waals surface area contributed by atoms with E-state index in [2.05, 4.69) is 11.9 Å². The van der Waals surface area contributed by atoms with Crippen LogP contribution in [0.4, 0.5) is 4.39 Å². The van der Waals surface area contributed by atoms with E-state index < -0.39 is 29.6 Å². The quantitative estimate of drug-likeness (QED) is 0.350. The summed E-state index contributed by atoms with van der Waals surface area (Å²) in [5, 5.41) is 19.4. The van der Waals surface area contributed by atoms with Crippen LogP contribution < -0.4 is 5.32 Å². The monoisotopic (exact) mass is 378 g/mol. The van der Waals surface area contributed by atoms with E-state index in [0.717, 1.165) is 10.5 Å². The fourth-order valence-electron chi connectivity index (χ4n) is 1.87. The van der Waals surface area contributed by atoms with Crippen LogP contribution >= 0.6 is 35.0 Å². The minimum Gasteiger partial charge on any atom is -0.386 e. The van der Waals surface area contributed by atoms with Crippen LogP contribution in [0.5, 0.6) is 0 Å². The Hall–Kier alpha value is -1.08. The number of alkyl halides is 3. The van der Waals surface area contributed by atoms with Gasteiger partial charge in [0, 0.05) is 6.42 Å². The Bertz CT molecular complexity index is 555. The van der Waals surface area contributed by atoms with Crippen molar-refractivity contribution in [2.45, 2.75) is 23.4 Å². The molecular weight excluding hydrogens is 362 g/mol. The van der Waals surface area contributed by atoms with Gasteiger partial charge in [0.15, 0.2) is 4.84 Å². The third-order valence-electron chi connectivity index (χ3n) is 3.02. The van der Waals surface area contributed by atoms with Crippen LogP contribution in [0.3, 0.4) is 0 Å². The maximum absolute atomic E-state index is 13.1. The molecule has 1 rings (SSSR count). The van der Waals surface area contributed by atoms with E-state index in [1.54, 1.807) is 24.3 Å². The van der Waals surface area contributed by atoms with Crippen molar-refractivity contribution < 1.29 is 14.3 Å². The van der Waals surface area contributed by atoms with Gasteiger partial charge in [-0.05, 0) is 16.0 Å². The average molecular weight is 379 g/mol. The topological polar surface area (TPSA) is 73.2 Å². The highest BCUT2D eigenvalue weighted by Crippen LogP contribution is 2.21. The first-order chi connectivity index (χ1) is 10.9. The molecule has 0 aliphatic heterocycles. The smallest absolute Gasteiger partial charge is 0.253 e. The fourth-order valence-corrected chi connectivity index (χ4v) is 2.41. The maximum atomic E-state index is 13.1. The molecule has 0 radical (unpaired) electrons. The number of halogens is 3. The van der Waals surface area contributed by atoms with Crippen molar-refractivity contribution in [3.05, 3.63) is 46.9 Å². The SMILES string of the molecule is C=C(Cc1ccc(C(O)C(CF)NC(=O)C(Cl)Cl)cc1)SC=N. The number of carbonyl (C=O) groups is 1. The van der Waals surface area contributed by atoms with Crippen LogP contribution in [-0.2, 0) is 11.2 Å². The van der Waals surface area contributed by atoms with E-state index in [1.165, 1.54) is 17.3 Å². The molecule has 2 atom stereocenters. The second-order valence-electron chi connectivity index (χ2n) is 4.71. The third kappa shape index (κ3) is 6.51. The Labute approximate surface area is 148 Å². The lowest BCUT2D eigenvalue weighted by molar-refractivity contribution is -0.121. The van der Waals surface area contributed by atoms with Gasteiger partial charge in [-0.3, -0.25) is 4.79 Å². The molecule has 0 fully saturated rings. The molecule has 1 amide bonds. The van der Waals surface area contributed by atoms with Gasteiger partial charge in [0.1, 0.15) is 12.8 Å². The van der Waals surface area contributed by atoms with Gasteiger partial charge in [-0.25, -0.2) is 4.39 Å². The number of hydrogen-bond donors (Lipinski definition) is 3. The first kappa shape index (κ1) is 20.0. The van der Waals surface area contributed by atoms with Crippen molar-refractivity contribution in [3.8, 4) is 0 Å². The molecule has 0 saturated heterocycles. The molecule has 0 aliphatic rings. The predicted octanol–water partition coefficient (Wildman–Crippen LogP) is 3.37. The van der Waals surface area contributed by atoms with Crippen LogP contribution in [-0.4, -0.2) is 34.1 Å². The van der Waals surface area contributed by atoms with Gasteiger partial charge in [0.05, 0.1) is 11.6 Å². The normalized spacial score (nSPS) is 13.4. The van der Waals surface area contributed by atoms with E-state index in [-0.39, 0.29) is 0 Å². The molecule has 2 unspecified atom stereocenters. The number of hydrogen-bond acceptors (Lipinski definition) is 4. The van der Waals surface area contributed by atoms with E-state index in [1.807, 2.05) is 0 Å². The lowest BCUT2D eigenvalue weighted by Gasteiger charge is -2.22. The number of carbonyl (C=O) groups excluding carboxylic acids is 1. The molecule has 23 heavy (non-hydrogen) atoms.